The highest BCUT2D eigenvalue weighted by molar-refractivity contribution is 5.94. The Morgan fingerprint density at radius 3 is 2.75 bits per heavy atom. The van der Waals surface area contributed by atoms with Crippen molar-refractivity contribution in [2.75, 3.05) is 0 Å². The minimum atomic E-state index is -0.500. The summed E-state index contributed by atoms with van der Waals surface area (Å²) in [7, 11) is 0. The Hall–Kier alpha value is -2.62. The van der Waals surface area contributed by atoms with E-state index in [-0.39, 0.29) is 24.3 Å². The molecule has 1 N–H and O–H groups in total. The third-order valence-corrected chi connectivity index (χ3v) is 4.43. The molecule has 124 valence electrons. The summed E-state index contributed by atoms with van der Waals surface area (Å²) in [5.74, 6) is -0.483. The van der Waals surface area contributed by atoms with Crippen LogP contribution in [-0.4, -0.2) is 11.9 Å². The lowest BCUT2D eigenvalue weighted by Gasteiger charge is -2.18. The van der Waals surface area contributed by atoms with Gasteiger partial charge in [0, 0.05) is 5.56 Å². The highest BCUT2D eigenvalue weighted by Gasteiger charge is 2.32. The van der Waals surface area contributed by atoms with Gasteiger partial charge in [-0.15, -0.1) is 0 Å². The first-order valence-electron chi connectivity index (χ1n) is 8.12. The highest BCUT2D eigenvalue weighted by Crippen LogP contribution is 2.32. The smallest absolute Gasteiger partial charge is 0.339 e. The molecule has 3 rings (SSSR count). The summed E-state index contributed by atoms with van der Waals surface area (Å²) in [4.78, 5) is 24.2. The predicted octanol–water partition coefficient (Wildman–Crippen LogP) is 3.78. The summed E-state index contributed by atoms with van der Waals surface area (Å²) >= 11 is 0. The SMILES string of the molecule is Cc1ccc(C)c([C@H](C)NC(=O)C[C@@H]2OC(=O)c3ccccc32)c1. The second-order valence-electron chi connectivity index (χ2n) is 6.33. The van der Waals surface area contributed by atoms with Gasteiger partial charge in [0.05, 0.1) is 18.0 Å². The van der Waals surface area contributed by atoms with Crippen LogP contribution in [0.25, 0.3) is 0 Å². The quantitative estimate of drug-likeness (QED) is 0.871. The van der Waals surface area contributed by atoms with Gasteiger partial charge in [-0.05, 0) is 38.0 Å². The van der Waals surface area contributed by atoms with Crippen molar-refractivity contribution >= 4 is 11.9 Å². The van der Waals surface area contributed by atoms with Crippen LogP contribution in [0.4, 0.5) is 0 Å². The summed E-state index contributed by atoms with van der Waals surface area (Å²) in [5, 5.41) is 3.01. The molecule has 0 fully saturated rings. The molecule has 1 amide bonds. The standard InChI is InChI=1S/C20H21NO3/c1-12-8-9-13(2)17(10-12)14(3)21-19(22)11-18-15-6-4-5-7-16(15)20(23)24-18/h4-10,14,18H,11H2,1-3H3,(H,21,22)/t14-,18-/m0/s1. The number of rotatable bonds is 4. The van der Waals surface area contributed by atoms with Gasteiger partial charge in [-0.2, -0.15) is 0 Å². The number of hydrogen-bond donors (Lipinski definition) is 1. The van der Waals surface area contributed by atoms with Crippen molar-refractivity contribution in [3.8, 4) is 0 Å². The first-order valence-corrected chi connectivity index (χ1v) is 8.12. The van der Waals surface area contributed by atoms with E-state index < -0.39 is 6.10 Å². The van der Waals surface area contributed by atoms with Gasteiger partial charge in [-0.1, -0.05) is 42.0 Å². The molecule has 1 aliphatic rings. The summed E-state index contributed by atoms with van der Waals surface area (Å²) in [6, 6.07) is 13.3. The van der Waals surface area contributed by atoms with Gasteiger partial charge in [0.15, 0.2) is 0 Å². The third kappa shape index (κ3) is 3.18. The zero-order valence-corrected chi connectivity index (χ0v) is 14.1. The molecular formula is C20H21NO3. The zero-order valence-electron chi connectivity index (χ0n) is 14.1. The summed E-state index contributed by atoms with van der Waals surface area (Å²) in [5.41, 5.74) is 4.75. The summed E-state index contributed by atoms with van der Waals surface area (Å²) < 4.78 is 5.33. The summed E-state index contributed by atoms with van der Waals surface area (Å²) in [6.07, 6.45) is -0.364. The number of hydrogen-bond acceptors (Lipinski definition) is 3. The van der Waals surface area contributed by atoms with Crippen molar-refractivity contribution in [1.82, 2.24) is 5.32 Å². The Kier molecular flexibility index (Phi) is 4.38. The molecule has 0 saturated carbocycles. The van der Waals surface area contributed by atoms with Crippen molar-refractivity contribution in [3.63, 3.8) is 0 Å². The number of amides is 1. The number of ether oxygens (including phenoxy) is 1. The minimum absolute atomic E-state index is 0.0928. The zero-order chi connectivity index (χ0) is 17.3. The molecule has 2 aromatic carbocycles. The third-order valence-electron chi connectivity index (χ3n) is 4.43. The van der Waals surface area contributed by atoms with Crippen LogP contribution in [0.3, 0.4) is 0 Å². The largest absolute Gasteiger partial charge is 0.453 e. The molecule has 1 heterocycles. The van der Waals surface area contributed by atoms with E-state index in [2.05, 4.69) is 23.5 Å². The molecule has 0 saturated heterocycles. The number of nitrogens with one attached hydrogen (secondary N) is 1. The lowest BCUT2D eigenvalue weighted by molar-refractivity contribution is -0.123. The summed E-state index contributed by atoms with van der Waals surface area (Å²) in [6.45, 7) is 6.03. The Balaban J connectivity index is 1.68. The molecule has 2 atom stereocenters. The maximum atomic E-state index is 12.4. The molecular weight excluding hydrogens is 302 g/mol. The Morgan fingerprint density at radius 2 is 1.96 bits per heavy atom. The van der Waals surface area contributed by atoms with Crippen LogP contribution in [-0.2, 0) is 9.53 Å². The van der Waals surface area contributed by atoms with Gasteiger partial charge in [0.2, 0.25) is 5.91 Å². The van der Waals surface area contributed by atoms with Crippen LogP contribution in [0.15, 0.2) is 42.5 Å². The van der Waals surface area contributed by atoms with E-state index >= 15 is 0 Å². The van der Waals surface area contributed by atoms with E-state index in [0.717, 1.165) is 22.3 Å². The molecule has 4 nitrogen and oxygen atoms in total. The lowest BCUT2D eigenvalue weighted by atomic mass is 9.99. The second-order valence-corrected chi connectivity index (χ2v) is 6.33. The highest BCUT2D eigenvalue weighted by atomic mass is 16.5. The van der Waals surface area contributed by atoms with Crippen LogP contribution in [0, 0.1) is 13.8 Å². The lowest BCUT2D eigenvalue weighted by Crippen LogP contribution is -2.28. The number of benzene rings is 2. The van der Waals surface area contributed by atoms with Gasteiger partial charge in [0.25, 0.3) is 0 Å². The van der Waals surface area contributed by atoms with E-state index in [1.807, 2.05) is 32.9 Å². The second kappa shape index (κ2) is 6.48. The van der Waals surface area contributed by atoms with Gasteiger partial charge >= 0.3 is 5.97 Å². The van der Waals surface area contributed by atoms with Crippen molar-refractivity contribution in [2.24, 2.45) is 0 Å². The van der Waals surface area contributed by atoms with E-state index in [4.69, 9.17) is 4.74 Å². The number of carbonyl (C=O) groups excluding carboxylic acids is 2. The van der Waals surface area contributed by atoms with Gasteiger partial charge in [-0.3, -0.25) is 4.79 Å². The first kappa shape index (κ1) is 16.2. The Bertz CT molecular complexity index is 797. The Labute approximate surface area is 141 Å². The number of esters is 1. The molecule has 2 aromatic rings. The van der Waals surface area contributed by atoms with E-state index in [0.29, 0.717) is 5.56 Å². The fourth-order valence-corrected chi connectivity index (χ4v) is 3.14. The molecule has 4 heteroatoms. The van der Waals surface area contributed by atoms with Crippen LogP contribution < -0.4 is 5.32 Å². The van der Waals surface area contributed by atoms with E-state index in [1.54, 1.807) is 12.1 Å². The van der Waals surface area contributed by atoms with E-state index in [1.165, 1.54) is 0 Å². The average molecular weight is 323 g/mol. The molecule has 0 aliphatic carbocycles. The van der Waals surface area contributed by atoms with Crippen LogP contribution in [0.1, 0.15) is 58.1 Å². The van der Waals surface area contributed by atoms with Crippen molar-refractivity contribution < 1.29 is 14.3 Å². The van der Waals surface area contributed by atoms with Crippen molar-refractivity contribution in [2.45, 2.75) is 39.3 Å². The normalized spacial score (nSPS) is 17.1. The maximum absolute atomic E-state index is 12.4. The number of aryl methyl sites for hydroxylation is 2. The predicted molar refractivity (Wildman–Crippen MR) is 91.7 cm³/mol. The number of carbonyl (C=O) groups is 2. The van der Waals surface area contributed by atoms with Crippen molar-refractivity contribution in [1.29, 1.82) is 0 Å². The monoisotopic (exact) mass is 323 g/mol. The van der Waals surface area contributed by atoms with Crippen LogP contribution in [0.2, 0.25) is 0 Å². The van der Waals surface area contributed by atoms with E-state index in [9.17, 15) is 9.59 Å². The van der Waals surface area contributed by atoms with Gasteiger partial charge < -0.3 is 10.1 Å². The number of fused-ring (bicyclic) bond motifs is 1. The topological polar surface area (TPSA) is 55.4 Å². The molecule has 0 radical (unpaired) electrons. The Morgan fingerprint density at radius 1 is 1.21 bits per heavy atom. The fourth-order valence-electron chi connectivity index (χ4n) is 3.14. The molecule has 0 bridgehead atoms. The number of cyclic esters (lactones) is 1. The van der Waals surface area contributed by atoms with Crippen LogP contribution in [0.5, 0.6) is 0 Å². The molecule has 0 aromatic heterocycles. The molecule has 0 spiro atoms. The molecule has 0 unspecified atom stereocenters. The fraction of sp³-hybridized carbons (Fsp3) is 0.300. The molecule has 1 aliphatic heterocycles. The average Bonchev–Trinajstić information content (AvgIpc) is 2.86. The minimum Gasteiger partial charge on any atom is -0.453 e. The van der Waals surface area contributed by atoms with Crippen LogP contribution >= 0.6 is 0 Å². The van der Waals surface area contributed by atoms with Gasteiger partial charge in [-0.25, -0.2) is 4.79 Å². The van der Waals surface area contributed by atoms with Crippen molar-refractivity contribution in [3.05, 3.63) is 70.3 Å². The molecule has 24 heavy (non-hydrogen) atoms. The van der Waals surface area contributed by atoms with Gasteiger partial charge in [0.1, 0.15) is 6.10 Å². The maximum Gasteiger partial charge on any atom is 0.339 e. The first-order chi connectivity index (χ1) is 11.5.